The Balaban J connectivity index is 1.59. The van der Waals surface area contributed by atoms with Crippen LogP contribution in [0.1, 0.15) is 16.1 Å². The molecule has 2 aromatic heterocycles. The minimum Gasteiger partial charge on any atom is -0.505 e. The molecule has 9 heteroatoms. The summed E-state index contributed by atoms with van der Waals surface area (Å²) in [5.74, 6) is -0.0922. The summed E-state index contributed by atoms with van der Waals surface area (Å²) in [5, 5.41) is 23.8. The number of hydrogen-bond donors (Lipinski definition) is 2. The highest BCUT2D eigenvalue weighted by Crippen LogP contribution is 2.39. The maximum Gasteiger partial charge on any atom is 0.259 e. The Hall–Kier alpha value is -4.92. The van der Waals surface area contributed by atoms with E-state index in [1.807, 2.05) is 43.3 Å². The first-order valence-corrected chi connectivity index (χ1v) is 10.5. The highest BCUT2D eigenvalue weighted by atomic mass is 16.3. The molecule has 5 aromatic rings. The van der Waals surface area contributed by atoms with Crippen LogP contribution < -0.4 is 5.32 Å². The van der Waals surface area contributed by atoms with Crippen LogP contribution in [0.25, 0.3) is 16.7 Å². The molecule has 0 aliphatic rings. The van der Waals surface area contributed by atoms with Gasteiger partial charge in [0.15, 0.2) is 5.75 Å². The number of nitrogens with one attached hydrogen (secondary N) is 1. The number of fused-ring (bicyclic) bond motifs is 1. The molecule has 0 bridgehead atoms. The van der Waals surface area contributed by atoms with Gasteiger partial charge in [0.2, 0.25) is 5.95 Å². The first-order valence-electron chi connectivity index (χ1n) is 10.5. The zero-order valence-electron chi connectivity index (χ0n) is 18.1. The van der Waals surface area contributed by atoms with Gasteiger partial charge in [0.05, 0.1) is 11.8 Å². The SMILES string of the molecule is Cc1cnc(N=Nc2c(O)c(C(=O)Nc3ccccc3)cc3ccccc23)n1-c1ncccn1. The van der Waals surface area contributed by atoms with Crippen molar-refractivity contribution in [2.45, 2.75) is 6.92 Å². The van der Waals surface area contributed by atoms with E-state index in [2.05, 4.69) is 30.5 Å². The lowest BCUT2D eigenvalue weighted by atomic mass is 10.0. The van der Waals surface area contributed by atoms with E-state index in [0.717, 1.165) is 11.1 Å². The fraction of sp³-hybridized carbons (Fsp3) is 0.0400. The Morgan fingerprint density at radius 3 is 2.47 bits per heavy atom. The van der Waals surface area contributed by atoms with Crippen molar-refractivity contribution in [3.05, 3.63) is 96.6 Å². The molecule has 3 aromatic carbocycles. The third-order valence-electron chi connectivity index (χ3n) is 5.18. The van der Waals surface area contributed by atoms with E-state index in [1.165, 1.54) is 0 Å². The van der Waals surface area contributed by atoms with E-state index in [4.69, 9.17) is 0 Å². The number of azo groups is 1. The van der Waals surface area contributed by atoms with Crippen molar-refractivity contribution in [3.63, 3.8) is 0 Å². The molecule has 34 heavy (non-hydrogen) atoms. The Morgan fingerprint density at radius 2 is 1.68 bits per heavy atom. The van der Waals surface area contributed by atoms with Crippen LogP contribution in [-0.2, 0) is 0 Å². The maximum atomic E-state index is 13.0. The van der Waals surface area contributed by atoms with Crippen LogP contribution in [0.2, 0.25) is 0 Å². The Kier molecular flexibility index (Phi) is 5.49. The summed E-state index contributed by atoms with van der Waals surface area (Å²) in [6.45, 7) is 1.85. The summed E-state index contributed by atoms with van der Waals surface area (Å²) >= 11 is 0. The highest BCUT2D eigenvalue weighted by molar-refractivity contribution is 6.11. The molecule has 0 atom stereocenters. The molecule has 0 spiro atoms. The number of anilines is 1. The van der Waals surface area contributed by atoms with Crippen LogP contribution in [0.5, 0.6) is 5.75 Å². The molecular formula is C25H19N7O2. The first kappa shape index (κ1) is 21.0. The fourth-order valence-electron chi connectivity index (χ4n) is 3.56. The third-order valence-corrected chi connectivity index (χ3v) is 5.18. The smallest absolute Gasteiger partial charge is 0.259 e. The van der Waals surface area contributed by atoms with Gasteiger partial charge >= 0.3 is 0 Å². The van der Waals surface area contributed by atoms with Crippen LogP contribution in [0.15, 0.2) is 95.5 Å². The van der Waals surface area contributed by atoms with Gasteiger partial charge in [0.1, 0.15) is 5.69 Å². The molecule has 2 heterocycles. The van der Waals surface area contributed by atoms with Crippen molar-refractivity contribution >= 4 is 34.0 Å². The lowest BCUT2D eigenvalue weighted by Crippen LogP contribution is -2.12. The molecule has 0 unspecified atom stereocenters. The molecule has 0 radical (unpaired) electrons. The minimum atomic E-state index is -0.457. The predicted octanol–water partition coefficient (Wildman–Crippen LogP) is 5.50. The number of benzene rings is 3. The molecule has 9 nitrogen and oxygen atoms in total. The molecule has 0 saturated carbocycles. The van der Waals surface area contributed by atoms with Crippen LogP contribution in [0.4, 0.5) is 17.3 Å². The van der Waals surface area contributed by atoms with Crippen LogP contribution in [0.3, 0.4) is 0 Å². The monoisotopic (exact) mass is 449 g/mol. The first-order chi connectivity index (χ1) is 16.6. The van der Waals surface area contributed by atoms with E-state index in [0.29, 0.717) is 17.0 Å². The van der Waals surface area contributed by atoms with E-state index in [1.54, 1.807) is 53.5 Å². The van der Waals surface area contributed by atoms with Crippen molar-refractivity contribution in [1.82, 2.24) is 19.5 Å². The van der Waals surface area contributed by atoms with Gasteiger partial charge < -0.3 is 10.4 Å². The number of phenolic OH excluding ortho intramolecular Hbond substituents is 1. The van der Waals surface area contributed by atoms with Gasteiger partial charge in [-0.15, -0.1) is 10.2 Å². The lowest BCUT2D eigenvalue weighted by Gasteiger charge is -2.11. The molecular weight excluding hydrogens is 430 g/mol. The van der Waals surface area contributed by atoms with Gasteiger partial charge in [-0.3, -0.25) is 4.79 Å². The lowest BCUT2D eigenvalue weighted by molar-refractivity contribution is 0.102. The summed E-state index contributed by atoms with van der Waals surface area (Å²) in [7, 11) is 0. The molecule has 0 aliphatic carbocycles. The summed E-state index contributed by atoms with van der Waals surface area (Å²) in [6, 6.07) is 19.7. The van der Waals surface area contributed by atoms with E-state index >= 15 is 0 Å². The number of nitrogens with zero attached hydrogens (tertiary/aromatic N) is 6. The normalized spacial score (nSPS) is 11.2. The molecule has 5 rings (SSSR count). The van der Waals surface area contributed by atoms with Gasteiger partial charge in [-0.2, -0.15) is 0 Å². The number of rotatable bonds is 5. The number of aromatic hydroxyl groups is 1. The predicted molar refractivity (Wildman–Crippen MR) is 128 cm³/mol. The molecule has 1 amide bonds. The average Bonchev–Trinajstić information content (AvgIpc) is 3.24. The number of amides is 1. The maximum absolute atomic E-state index is 13.0. The number of para-hydroxylation sites is 1. The Bertz CT molecular complexity index is 1510. The van der Waals surface area contributed by atoms with Gasteiger partial charge in [0, 0.05) is 29.2 Å². The fourth-order valence-corrected chi connectivity index (χ4v) is 3.56. The van der Waals surface area contributed by atoms with Gasteiger partial charge in [-0.25, -0.2) is 19.5 Å². The van der Waals surface area contributed by atoms with Gasteiger partial charge in [0.25, 0.3) is 11.9 Å². The van der Waals surface area contributed by atoms with Crippen LogP contribution >= 0.6 is 0 Å². The largest absolute Gasteiger partial charge is 0.505 e. The number of carbonyl (C=O) groups excluding carboxylic acids is 1. The summed E-state index contributed by atoms with van der Waals surface area (Å²) in [6.07, 6.45) is 4.88. The second-order valence-electron chi connectivity index (χ2n) is 7.45. The quantitative estimate of drug-likeness (QED) is 0.344. The number of aryl methyl sites for hydroxylation is 1. The Morgan fingerprint density at radius 1 is 0.941 bits per heavy atom. The van der Waals surface area contributed by atoms with Gasteiger partial charge in [-0.05, 0) is 36.6 Å². The number of aromatic nitrogens is 4. The summed E-state index contributed by atoms with van der Waals surface area (Å²) in [5.41, 5.74) is 1.63. The minimum absolute atomic E-state index is 0.0856. The van der Waals surface area contributed by atoms with Crippen molar-refractivity contribution in [3.8, 4) is 11.7 Å². The summed E-state index contributed by atoms with van der Waals surface area (Å²) < 4.78 is 1.65. The van der Waals surface area contributed by atoms with Crippen LogP contribution in [0, 0.1) is 6.92 Å². The molecule has 0 fully saturated rings. The number of carbonyl (C=O) groups is 1. The molecule has 0 saturated heterocycles. The second-order valence-corrected chi connectivity index (χ2v) is 7.45. The highest BCUT2D eigenvalue weighted by Gasteiger charge is 2.19. The standard InChI is InChI=1S/C25H19N7O2/c1-16-15-28-25(32(16)24-26-12-7-13-27-24)31-30-21-19-11-6-5-8-17(19)14-20(22(21)33)23(34)29-18-9-3-2-4-10-18/h2-15,33H,1H3,(H,29,34). The zero-order valence-corrected chi connectivity index (χ0v) is 18.1. The van der Waals surface area contributed by atoms with Crippen molar-refractivity contribution < 1.29 is 9.90 Å². The van der Waals surface area contributed by atoms with Crippen LogP contribution in [-0.4, -0.2) is 30.5 Å². The van der Waals surface area contributed by atoms with E-state index in [9.17, 15) is 9.90 Å². The third kappa shape index (κ3) is 3.97. The van der Waals surface area contributed by atoms with Crippen molar-refractivity contribution in [2.75, 3.05) is 5.32 Å². The van der Waals surface area contributed by atoms with E-state index < -0.39 is 5.91 Å². The average molecular weight is 449 g/mol. The molecule has 0 aliphatic heterocycles. The summed E-state index contributed by atoms with van der Waals surface area (Å²) in [4.78, 5) is 25.8. The zero-order chi connectivity index (χ0) is 23.5. The van der Waals surface area contributed by atoms with Crippen molar-refractivity contribution in [1.29, 1.82) is 0 Å². The van der Waals surface area contributed by atoms with E-state index in [-0.39, 0.29) is 22.9 Å². The topological polar surface area (TPSA) is 118 Å². The Labute approximate surface area is 194 Å². The number of hydrogen-bond acceptors (Lipinski definition) is 7. The number of phenols is 1. The number of imidazole rings is 1. The second kappa shape index (κ2) is 8.91. The van der Waals surface area contributed by atoms with Gasteiger partial charge in [-0.1, -0.05) is 42.5 Å². The molecule has 166 valence electrons. The van der Waals surface area contributed by atoms with Crippen molar-refractivity contribution in [2.24, 2.45) is 10.2 Å². The molecule has 2 N–H and O–H groups in total.